The molecule has 8 aromatic rings. The lowest BCUT2D eigenvalue weighted by molar-refractivity contribution is -0.436. The average Bonchev–Trinajstić information content (AvgIpc) is 1.58. The van der Waals surface area contributed by atoms with Crippen LogP contribution in [0, 0.1) is 0 Å². The zero-order chi connectivity index (χ0) is 69.3. The van der Waals surface area contributed by atoms with Crippen LogP contribution in [0.4, 0.5) is 22.7 Å². The van der Waals surface area contributed by atoms with Crippen molar-refractivity contribution in [2.45, 2.75) is 111 Å². The van der Waals surface area contributed by atoms with Crippen molar-refractivity contribution in [1.29, 1.82) is 0 Å². The van der Waals surface area contributed by atoms with Gasteiger partial charge in [-0.2, -0.15) is 9.15 Å². The van der Waals surface area contributed by atoms with Gasteiger partial charge in [0.1, 0.15) is 4.08 Å². The first-order chi connectivity index (χ1) is 48.2. The number of benzene rings is 8. The molecule has 8 aromatic carbocycles. The van der Waals surface area contributed by atoms with E-state index in [1.807, 2.05) is 43.2 Å². The number of nitrogens with one attached hydrogen (secondary N) is 4. The van der Waals surface area contributed by atoms with E-state index in [1.165, 1.54) is 131 Å². The molecule has 0 aromatic heterocycles. The van der Waals surface area contributed by atoms with Gasteiger partial charge in [-0.15, -0.1) is 0 Å². The Labute approximate surface area is 617 Å². The molecule has 20 heteroatoms. The Bertz CT molecular complexity index is 4890. The molecule has 10 aliphatic heterocycles. The van der Waals surface area contributed by atoms with Crippen molar-refractivity contribution in [3.05, 3.63) is 216 Å². The van der Waals surface area contributed by atoms with Gasteiger partial charge in [0.2, 0.25) is 39.3 Å². The van der Waals surface area contributed by atoms with E-state index in [0.29, 0.717) is 65.0 Å². The van der Waals surface area contributed by atoms with Crippen LogP contribution in [0.1, 0.15) is 103 Å². The molecule has 0 aliphatic carbocycles. The maximum atomic E-state index is 13.3. The second-order valence-corrected chi connectivity index (χ2v) is 40.3. The molecule has 2 spiro atoms. The lowest BCUT2D eigenvalue weighted by Crippen LogP contribution is -2.49. The van der Waals surface area contributed by atoms with Gasteiger partial charge in [0.25, 0.3) is 0 Å². The van der Waals surface area contributed by atoms with Crippen LogP contribution in [0.15, 0.2) is 193 Å². The minimum Gasteiger partial charge on any atom is -0.354 e. The Kier molecular flexibility index (Phi) is 19.0. The fraction of sp³-hybridized carbons (Fsp3) is 0.325. The first-order valence-corrected chi connectivity index (χ1v) is 43.6. The van der Waals surface area contributed by atoms with Crippen molar-refractivity contribution in [2.24, 2.45) is 0 Å². The van der Waals surface area contributed by atoms with Crippen LogP contribution in [0.3, 0.4) is 0 Å². The summed E-state index contributed by atoms with van der Waals surface area (Å²) in [6.07, 6.45) is 14.7. The summed E-state index contributed by atoms with van der Waals surface area (Å²) in [5.74, 6) is -0.101. The number of rotatable bonds is 0. The molecule has 12 nitrogen and oxygen atoms in total. The predicted molar refractivity (Wildman–Crippen MR) is 433 cm³/mol. The van der Waals surface area contributed by atoms with Gasteiger partial charge in [0.05, 0.1) is 33.8 Å². The van der Waals surface area contributed by atoms with Crippen molar-refractivity contribution < 1.29 is 28.3 Å². The summed E-state index contributed by atoms with van der Waals surface area (Å²) in [7, 11) is 14.1. The van der Waals surface area contributed by atoms with Crippen LogP contribution >= 0.6 is 86.4 Å². The molecule has 0 unspecified atom stereocenters. The molecule has 0 saturated carbocycles. The highest BCUT2D eigenvalue weighted by molar-refractivity contribution is 8.94. The van der Waals surface area contributed by atoms with E-state index in [9.17, 15) is 19.2 Å². The molecule has 4 amide bonds. The van der Waals surface area contributed by atoms with Crippen LogP contribution in [-0.4, -0.2) is 102 Å². The summed E-state index contributed by atoms with van der Waals surface area (Å²) in [5.41, 5.74) is 13.4. The first-order valence-electron chi connectivity index (χ1n) is 34.3. The van der Waals surface area contributed by atoms with Crippen molar-refractivity contribution in [1.82, 2.24) is 21.3 Å². The second kappa shape index (κ2) is 27.5. The smallest absolute Gasteiger partial charge is 0.231 e. The number of amides is 4. The summed E-state index contributed by atoms with van der Waals surface area (Å²) in [6.45, 7) is 21.6. The van der Waals surface area contributed by atoms with E-state index < -0.39 is 4.33 Å². The Morgan fingerprint density at radius 2 is 0.740 bits per heavy atom. The monoisotopic (exact) mass is 1470 g/mol. The zero-order valence-electron chi connectivity index (χ0n) is 57.5. The van der Waals surface area contributed by atoms with Crippen molar-refractivity contribution in [2.75, 3.05) is 59.2 Å². The number of hydrogen-bond donors (Lipinski definition) is 4. The van der Waals surface area contributed by atoms with Crippen LogP contribution in [0.25, 0.3) is 43.1 Å². The zero-order valence-corrected chi connectivity index (χ0v) is 64.0. The summed E-state index contributed by atoms with van der Waals surface area (Å²) >= 11 is 0. The van der Waals surface area contributed by atoms with Gasteiger partial charge in [0.15, 0.2) is 24.5 Å². The summed E-state index contributed by atoms with van der Waals surface area (Å²) < 4.78 is 3.67. The fourth-order valence-corrected chi connectivity index (χ4v) is 19.1. The number of nitrogens with zero attached hydrogens (tertiary/aromatic N) is 4. The molecule has 0 radical (unpaired) electrons. The van der Waals surface area contributed by atoms with Crippen LogP contribution in [0.2, 0.25) is 0 Å². The molecule has 4 fully saturated rings. The highest BCUT2D eigenvalue weighted by atomic mass is 33.2. The SMILES string of the molecule is C1SS1.C1SS1.CC1(C)C2=[N+](CCC(=O)NC3(NC(=O)CCN4/C(=C/C=C/2)C(C)(C)c2c4ccc4ccccc24)SS3)c2ccc3ccccc3c21.CC1(C)C2=[N+](CCC(=O)NCC3(CNC(=O)CCN4/C(=C/C=C/2)C(C)(C)c2c4ccc4ccccc24)SS3)c2ccc3ccccc3c21. The molecule has 10 heterocycles. The van der Waals surface area contributed by atoms with Crippen LogP contribution < -0.4 is 31.1 Å². The minimum atomic E-state index is -0.798. The fourth-order valence-electron chi connectivity index (χ4n) is 16.0. The Hall–Kier alpha value is -6.62. The first kappa shape index (κ1) is 69.1. The molecule has 100 heavy (non-hydrogen) atoms. The molecular formula is C80H82N8O4S8+2. The molecule has 18 rings (SSSR count). The van der Waals surface area contributed by atoms with Crippen LogP contribution in [0.5, 0.6) is 0 Å². The molecule has 0 atom stereocenters. The highest BCUT2D eigenvalue weighted by Gasteiger charge is 2.52. The third kappa shape index (κ3) is 13.5. The normalized spacial score (nSPS) is 23.3. The molecule has 512 valence electrons. The van der Waals surface area contributed by atoms with Gasteiger partial charge >= 0.3 is 0 Å². The van der Waals surface area contributed by atoms with Crippen molar-refractivity contribution in [3.8, 4) is 0 Å². The third-order valence-electron chi connectivity index (χ3n) is 20.8. The minimum absolute atomic E-state index is 0.0285. The molecule has 4 N–H and O–H groups in total. The number of anilines is 2. The van der Waals surface area contributed by atoms with Gasteiger partial charge < -0.3 is 31.1 Å². The molecule has 0 bridgehead atoms. The van der Waals surface area contributed by atoms with E-state index in [4.69, 9.17) is 0 Å². The van der Waals surface area contributed by atoms with Gasteiger partial charge in [-0.25, -0.2) is 0 Å². The topological polar surface area (TPSA) is 129 Å². The third-order valence-corrected chi connectivity index (χ3v) is 28.2. The summed E-state index contributed by atoms with van der Waals surface area (Å²) in [5, 5.41) is 25.1. The van der Waals surface area contributed by atoms with E-state index in [0.717, 1.165) is 11.4 Å². The highest BCUT2D eigenvalue weighted by Crippen LogP contribution is 2.64. The maximum absolute atomic E-state index is 13.3. The number of carbonyl (C=O) groups is 4. The number of fused-ring (bicyclic) bond motifs is 18. The molecule has 10 aliphatic rings. The van der Waals surface area contributed by atoms with Crippen LogP contribution in [-0.2, 0) is 40.8 Å². The average molecular weight is 1480 g/mol. The quantitative estimate of drug-likeness (QED) is 0.0653. The predicted octanol–water partition coefficient (Wildman–Crippen LogP) is 18.0. The van der Waals surface area contributed by atoms with E-state index in [-0.39, 0.29) is 49.4 Å². The number of hydrogen-bond acceptors (Lipinski definition) is 14. The molecular weight excluding hydrogens is 1390 g/mol. The van der Waals surface area contributed by atoms with Crippen molar-refractivity contribution >= 4 is 187 Å². The Balaban J connectivity index is 0.000000150. The van der Waals surface area contributed by atoms with Gasteiger partial charge in [-0.05, 0) is 140 Å². The lowest BCUT2D eigenvalue weighted by atomic mass is 9.79. The maximum Gasteiger partial charge on any atom is 0.231 e. The van der Waals surface area contributed by atoms with E-state index in [1.54, 1.807) is 21.6 Å². The largest absolute Gasteiger partial charge is 0.354 e. The summed E-state index contributed by atoms with van der Waals surface area (Å²) in [4.78, 5) is 57.8. The second-order valence-electron chi connectivity index (χ2n) is 28.6. The summed E-state index contributed by atoms with van der Waals surface area (Å²) in [6, 6.07) is 51.9. The Morgan fingerprint density at radius 1 is 0.390 bits per heavy atom. The van der Waals surface area contributed by atoms with E-state index >= 15 is 0 Å². The van der Waals surface area contributed by atoms with Crippen molar-refractivity contribution in [3.63, 3.8) is 0 Å². The van der Waals surface area contributed by atoms with Gasteiger partial charge in [0, 0.05) is 108 Å². The number of allylic oxidation sites excluding steroid dienone is 8. The lowest BCUT2D eigenvalue weighted by Gasteiger charge is -2.27. The van der Waals surface area contributed by atoms with E-state index in [2.05, 4.69) is 278 Å². The Morgan fingerprint density at radius 3 is 1.13 bits per heavy atom. The number of carbonyl (C=O) groups excluding carboxylic acids is 4. The van der Waals surface area contributed by atoms with Gasteiger partial charge in [-0.1, -0.05) is 214 Å². The standard InChI is InChI=1S/C40H40N4O2S2.C38H36N4O2S2.2CH2S2/c1-38(2)32-14-9-15-33-39(3,4)37-29-13-8-6-11-27(29)17-19-31(37)44(33)23-21-35(46)42-25-40(47-48-40)24-41-34(45)20-22-43(32)30-18-16-26-10-5-7-12-28(26)36(30)38;1-36(2)30-14-9-15-31-37(3,4)35-27-13-8-6-11-25(27)17-19-29(35)42(31)23-21-33(44)40-38(45-46-38)39-32(43)20-22-41(30)28-18-16-24-10-5-7-12-26(24)34(28)36;2*1-2-3-1/h5-19H,20-25H2,1-4H3,(H-,41,42,45,46);5-19H,20-23H2,1-4H3,(H-,39,40,43,44);2*1H2/p+2. The molecule has 4 saturated heterocycles. The van der Waals surface area contributed by atoms with Gasteiger partial charge in [-0.3, -0.25) is 19.2 Å².